The molecule has 0 saturated heterocycles. The topological polar surface area (TPSA) is 69.0 Å². The smallest absolute Gasteiger partial charge is 0.453 e. The normalized spacial score (nSPS) is 20.2. The maximum atomic E-state index is 13.3. The van der Waals surface area contributed by atoms with Crippen LogP contribution in [0.3, 0.4) is 0 Å². The van der Waals surface area contributed by atoms with Gasteiger partial charge in [-0.05, 0) is 35.6 Å². The number of nitrogens with one attached hydrogen (secondary N) is 1. The molecule has 3 aromatic rings. The Kier molecular flexibility index (Phi) is 5.19. The zero-order valence-electron chi connectivity index (χ0n) is 17.8. The Balaban J connectivity index is 1.49. The summed E-state index contributed by atoms with van der Waals surface area (Å²) in [6.07, 6.45) is -3.79. The zero-order chi connectivity index (χ0) is 23.2. The summed E-state index contributed by atoms with van der Waals surface area (Å²) in [6.45, 7) is 2.33. The minimum absolute atomic E-state index is 0.0163. The Bertz CT molecular complexity index is 1220. The maximum absolute atomic E-state index is 13.3. The molecule has 2 aliphatic rings. The Hall–Kier alpha value is -3.62. The molecule has 1 aliphatic heterocycles. The van der Waals surface area contributed by atoms with Gasteiger partial charge in [0.1, 0.15) is 18.4 Å². The van der Waals surface area contributed by atoms with Crippen molar-refractivity contribution in [1.82, 2.24) is 14.8 Å². The lowest BCUT2D eigenvalue weighted by Gasteiger charge is -2.34. The van der Waals surface area contributed by atoms with E-state index in [0.29, 0.717) is 42.0 Å². The van der Waals surface area contributed by atoms with Gasteiger partial charge in [0.25, 0.3) is 5.82 Å². The molecular formula is C24H21F3N4O2. The Morgan fingerprint density at radius 1 is 1.09 bits per heavy atom. The maximum Gasteiger partial charge on any atom is 0.453 e. The second kappa shape index (κ2) is 8.06. The molecule has 2 atom stereocenters. The van der Waals surface area contributed by atoms with Gasteiger partial charge in [-0.15, -0.1) is 5.10 Å². The van der Waals surface area contributed by atoms with Crippen molar-refractivity contribution < 1.29 is 22.7 Å². The van der Waals surface area contributed by atoms with Crippen molar-refractivity contribution in [2.24, 2.45) is 5.92 Å². The molecule has 0 radical (unpaired) electrons. The van der Waals surface area contributed by atoms with Gasteiger partial charge in [-0.25, -0.2) is 4.68 Å². The monoisotopic (exact) mass is 454 g/mol. The molecule has 170 valence electrons. The summed E-state index contributed by atoms with van der Waals surface area (Å²) in [4.78, 5) is 16.6. The van der Waals surface area contributed by atoms with Gasteiger partial charge in [0.05, 0.1) is 0 Å². The van der Waals surface area contributed by atoms with Crippen LogP contribution in [-0.4, -0.2) is 20.5 Å². The first-order valence-corrected chi connectivity index (χ1v) is 10.6. The molecule has 9 heteroatoms. The molecule has 33 heavy (non-hydrogen) atoms. The molecule has 0 fully saturated rings. The van der Waals surface area contributed by atoms with Gasteiger partial charge in [-0.1, -0.05) is 49.4 Å². The Labute approximate surface area is 188 Å². The molecule has 0 amide bonds. The van der Waals surface area contributed by atoms with E-state index in [9.17, 15) is 18.0 Å². The zero-order valence-corrected chi connectivity index (χ0v) is 17.8. The molecule has 1 N–H and O–H groups in total. The van der Waals surface area contributed by atoms with Gasteiger partial charge in [-0.2, -0.15) is 18.2 Å². The van der Waals surface area contributed by atoms with Crippen molar-refractivity contribution in [2.75, 3.05) is 5.32 Å². The average molecular weight is 454 g/mol. The fourth-order valence-corrected chi connectivity index (χ4v) is 4.32. The van der Waals surface area contributed by atoms with Gasteiger partial charge < -0.3 is 10.1 Å². The van der Waals surface area contributed by atoms with E-state index in [1.54, 1.807) is 24.3 Å². The molecule has 0 spiro atoms. The third-order valence-corrected chi connectivity index (χ3v) is 5.82. The summed E-state index contributed by atoms with van der Waals surface area (Å²) in [7, 11) is 0. The molecule has 0 unspecified atom stereocenters. The first-order valence-electron chi connectivity index (χ1n) is 10.6. The highest BCUT2D eigenvalue weighted by atomic mass is 19.4. The number of Topliss-reactive ketones (excluding diaryl/α,β-unsaturated/α-hetero) is 1. The standard InChI is InChI=1S/C24H21F3N4O2/c1-14-11-18-20(19(32)12-14)21(31-23(28-18)29-22(30-31)24(25,26)27)16-7-9-17(10-8-16)33-13-15-5-3-2-4-6-15/h2-10,14,21H,11-13H2,1H3,(H,28,29,30)/t14-,21-/m0/s1. The second-order valence-electron chi connectivity index (χ2n) is 8.40. The highest BCUT2D eigenvalue weighted by Gasteiger charge is 2.42. The number of nitrogens with zero attached hydrogens (tertiary/aromatic N) is 3. The number of halogens is 3. The number of benzene rings is 2. The summed E-state index contributed by atoms with van der Waals surface area (Å²) < 4.78 is 47.0. The van der Waals surface area contributed by atoms with E-state index in [0.717, 1.165) is 10.2 Å². The number of rotatable bonds is 4. The number of allylic oxidation sites excluding steroid dienone is 2. The predicted molar refractivity (Wildman–Crippen MR) is 114 cm³/mol. The molecular weight excluding hydrogens is 433 g/mol. The Morgan fingerprint density at radius 3 is 2.52 bits per heavy atom. The van der Waals surface area contributed by atoms with Crippen LogP contribution in [0.25, 0.3) is 0 Å². The van der Waals surface area contributed by atoms with E-state index < -0.39 is 18.0 Å². The number of carbonyl (C=O) groups excluding carboxylic acids is 1. The largest absolute Gasteiger partial charge is 0.489 e. The van der Waals surface area contributed by atoms with Crippen molar-refractivity contribution in [3.05, 3.63) is 82.8 Å². The van der Waals surface area contributed by atoms with Gasteiger partial charge in [0.15, 0.2) is 5.78 Å². The van der Waals surface area contributed by atoms with Crippen molar-refractivity contribution in [2.45, 2.75) is 38.6 Å². The SMILES string of the molecule is C[C@@H]1CC(=O)C2=C(C1)Nc1nc(C(F)(F)F)nn1[C@H]2c1ccc(OCc2ccccc2)cc1. The van der Waals surface area contributed by atoms with Gasteiger partial charge in [0.2, 0.25) is 5.95 Å². The van der Waals surface area contributed by atoms with Crippen molar-refractivity contribution in [3.63, 3.8) is 0 Å². The molecule has 2 heterocycles. The summed E-state index contributed by atoms with van der Waals surface area (Å²) in [6, 6.07) is 15.9. The first kappa shape index (κ1) is 21.2. The van der Waals surface area contributed by atoms with Crippen LogP contribution in [0.5, 0.6) is 5.75 Å². The molecule has 1 aromatic heterocycles. The lowest BCUT2D eigenvalue weighted by molar-refractivity contribution is -0.145. The molecule has 1 aliphatic carbocycles. The van der Waals surface area contributed by atoms with Gasteiger partial charge in [-0.3, -0.25) is 4.79 Å². The summed E-state index contributed by atoms with van der Waals surface area (Å²) in [5, 5.41) is 6.65. The second-order valence-corrected chi connectivity index (χ2v) is 8.40. The first-order chi connectivity index (χ1) is 15.8. The van der Waals surface area contributed by atoms with Crippen molar-refractivity contribution in [1.29, 1.82) is 0 Å². The number of alkyl halides is 3. The lowest BCUT2D eigenvalue weighted by Crippen LogP contribution is -2.33. The number of carbonyl (C=O) groups is 1. The average Bonchev–Trinajstić information content (AvgIpc) is 3.22. The quantitative estimate of drug-likeness (QED) is 0.591. The summed E-state index contributed by atoms with van der Waals surface area (Å²) in [5.41, 5.74) is 2.71. The number of anilines is 1. The van der Waals surface area contributed by atoms with Crippen molar-refractivity contribution >= 4 is 11.7 Å². The van der Waals surface area contributed by atoms with E-state index in [1.165, 1.54) is 0 Å². The fraction of sp³-hybridized carbons (Fsp3) is 0.292. The van der Waals surface area contributed by atoms with Crippen LogP contribution in [0.15, 0.2) is 65.9 Å². The van der Waals surface area contributed by atoms with E-state index >= 15 is 0 Å². The number of ketones is 1. The minimum Gasteiger partial charge on any atom is -0.489 e. The van der Waals surface area contributed by atoms with Crippen LogP contribution in [0.1, 0.15) is 42.8 Å². The number of aromatic nitrogens is 3. The highest BCUT2D eigenvalue weighted by molar-refractivity contribution is 5.99. The molecule has 0 saturated carbocycles. The minimum atomic E-state index is -4.69. The third-order valence-electron chi connectivity index (χ3n) is 5.82. The lowest BCUT2D eigenvalue weighted by atomic mass is 9.81. The van der Waals surface area contributed by atoms with E-state index in [-0.39, 0.29) is 17.6 Å². The van der Waals surface area contributed by atoms with Gasteiger partial charge >= 0.3 is 6.18 Å². The van der Waals surface area contributed by atoms with Crippen LogP contribution >= 0.6 is 0 Å². The van der Waals surface area contributed by atoms with Gasteiger partial charge in [0, 0.05) is 17.7 Å². The number of hydrogen-bond acceptors (Lipinski definition) is 5. The fourth-order valence-electron chi connectivity index (χ4n) is 4.32. The number of fused-ring (bicyclic) bond motifs is 1. The Morgan fingerprint density at radius 2 is 1.82 bits per heavy atom. The van der Waals surface area contributed by atoms with Crippen molar-refractivity contribution in [3.8, 4) is 5.75 Å². The predicted octanol–water partition coefficient (Wildman–Crippen LogP) is 5.14. The van der Waals surface area contributed by atoms with Crippen LogP contribution in [0.2, 0.25) is 0 Å². The van der Waals surface area contributed by atoms with E-state index in [1.807, 2.05) is 37.3 Å². The van der Waals surface area contributed by atoms with E-state index in [4.69, 9.17) is 4.74 Å². The van der Waals surface area contributed by atoms with Crippen LogP contribution in [-0.2, 0) is 17.6 Å². The summed E-state index contributed by atoms with van der Waals surface area (Å²) >= 11 is 0. The molecule has 2 aromatic carbocycles. The number of hydrogen-bond donors (Lipinski definition) is 1. The summed E-state index contributed by atoms with van der Waals surface area (Å²) in [5.74, 6) is -0.644. The van der Waals surface area contributed by atoms with Crippen LogP contribution in [0.4, 0.5) is 19.1 Å². The number of ether oxygens (including phenoxy) is 1. The molecule has 6 nitrogen and oxygen atoms in total. The molecule has 0 bridgehead atoms. The highest BCUT2D eigenvalue weighted by Crippen LogP contribution is 2.42. The van der Waals surface area contributed by atoms with Crippen LogP contribution < -0.4 is 10.1 Å². The van der Waals surface area contributed by atoms with E-state index in [2.05, 4.69) is 15.4 Å². The third kappa shape index (κ3) is 4.10. The molecule has 5 rings (SSSR count). The van der Waals surface area contributed by atoms with Crippen LogP contribution in [0, 0.1) is 5.92 Å².